The summed E-state index contributed by atoms with van der Waals surface area (Å²) in [6, 6.07) is 4.62. The van der Waals surface area contributed by atoms with Crippen molar-refractivity contribution in [2.75, 3.05) is 13.7 Å². The van der Waals surface area contributed by atoms with E-state index in [1.165, 1.54) is 31.4 Å². The molecule has 2 rings (SSSR count). The minimum absolute atomic E-state index is 0.0184. The van der Waals surface area contributed by atoms with Gasteiger partial charge in [0.05, 0.1) is 18.1 Å². The van der Waals surface area contributed by atoms with E-state index in [2.05, 4.69) is 4.74 Å². The summed E-state index contributed by atoms with van der Waals surface area (Å²) in [4.78, 5) is 11.7. The molecule has 0 radical (unpaired) electrons. The summed E-state index contributed by atoms with van der Waals surface area (Å²) in [5.41, 5.74) is 0. The van der Waals surface area contributed by atoms with Crippen LogP contribution in [0.1, 0.15) is 6.42 Å². The van der Waals surface area contributed by atoms with E-state index in [-0.39, 0.29) is 17.9 Å². The molecule has 1 heterocycles. The zero-order valence-corrected chi connectivity index (χ0v) is 12.3. The van der Waals surface area contributed by atoms with E-state index in [0.717, 1.165) is 4.31 Å². The van der Waals surface area contributed by atoms with Gasteiger partial charge in [0.2, 0.25) is 10.0 Å². The van der Waals surface area contributed by atoms with Gasteiger partial charge < -0.3 is 9.84 Å². The molecule has 0 bridgehead atoms. The van der Waals surface area contributed by atoms with Crippen molar-refractivity contribution in [3.05, 3.63) is 29.3 Å². The van der Waals surface area contributed by atoms with Gasteiger partial charge in [0.15, 0.2) is 0 Å². The Bertz CT molecular complexity index is 601. The Hall–Kier alpha value is -1.15. The lowest BCUT2D eigenvalue weighted by Crippen LogP contribution is -2.41. The number of methoxy groups -OCH3 is 1. The first kappa shape index (κ1) is 15.2. The van der Waals surface area contributed by atoms with Crippen molar-refractivity contribution in [3.63, 3.8) is 0 Å². The van der Waals surface area contributed by atoms with Crippen LogP contribution in [0.2, 0.25) is 5.02 Å². The van der Waals surface area contributed by atoms with E-state index < -0.39 is 28.1 Å². The van der Waals surface area contributed by atoms with Crippen LogP contribution in [0.15, 0.2) is 29.2 Å². The molecule has 2 atom stereocenters. The zero-order chi connectivity index (χ0) is 14.9. The van der Waals surface area contributed by atoms with E-state index in [4.69, 9.17) is 11.6 Å². The van der Waals surface area contributed by atoms with Crippen LogP contribution in [-0.4, -0.2) is 49.6 Å². The van der Waals surface area contributed by atoms with Gasteiger partial charge in [0, 0.05) is 18.0 Å². The average Bonchev–Trinajstić information content (AvgIpc) is 2.81. The van der Waals surface area contributed by atoms with Crippen LogP contribution in [-0.2, 0) is 19.6 Å². The summed E-state index contributed by atoms with van der Waals surface area (Å²) in [7, 11) is -2.70. The molecule has 1 aliphatic rings. The highest BCUT2D eigenvalue weighted by Crippen LogP contribution is 2.27. The van der Waals surface area contributed by atoms with Gasteiger partial charge in [0.1, 0.15) is 6.04 Å². The maximum atomic E-state index is 12.5. The lowest BCUT2D eigenvalue weighted by molar-refractivity contribution is -0.144. The Kier molecular flexibility index (Phi) is 4.33. The molecule has 0 unspecified atom stereocenters. The maximum absolute atomic E-state index is 12.5. The summed E-state index contributed by atoms with van der Waals surface area (Å²) >= 11 is 5.72. The summed E-state index contributed by atoms with van der Waals surface area (Å²) in [6.07, 6.45) is -0.861. The third-order valence-corrected chi connectivity index (χ3v) is 5.27. The van der Waals surface area contributed by atoms with Crippen LogP contribution < -0.4 is 0 Å². The zero-order valence-electron chi connectivity index (χ0n) is 10.7. The van der Waals surface area contributed by atoms with Crippen molar-refractivity contribution in [2.24, 2.45) is 0 Å². The van der Waals surface area contributed by atoms with Gasteiger partial charge in [-0.3, -0.25) is 4.79 Å². The average molecular weight is 320 g/mol. The quantitative estimate of drug-likeness (QED) is 0.826. The van der Waals surface area contributed by atoms with Gasteiger partial charge in [0.25, 0.3) is 0 Å². The molecule has 0 aromatic heterocycles. The van der Waals surface area contributed by atoms with Gasteiger partial charge in [-0.2, -0.15) is 4.31 Å². The van der Waals surface area contributed by atoms with Crippen molar-refractivity contribution < 1.29 is 23.1 Å². The Morgan fingerprint density at radius 1 is 1.40 bits per heavy atom. The largest absolute Gasteiger partial charge is 0.468 e. The number of carbonyl (C=O) groups is 1. The van der Waals surface area contributed by atoms with Crippen molar-refractivity contribution in [2.45, 2.75) is 23.5 Å². The van der Waals surface area contributed by atoms with Gasteiger partial charge in [-0.15, -0.1) is 0 Å². The minimum atomic E-state index is -3.88. The van der Waals surface area contributed by atoms with Gasteiger partial charge in [-0.25, -0.2) is 8.42 Å². The van der Waals surface area contributed by atoms with Crippen LogP contribution in [0, 0.1) is 0 Å². The molecule has 1 aromatic rings. The van der Waals surface area contributed by atoms with Crippen molar-refractivity contribution in [1.29, 1.82) is 0 Å². The van der Waals surface area contributed by atoms with Crippen LogP contribution in [0.4, 0.5) is 0 Å². The maximum Gasteiger partial charge on any atom is 0.324 e. The number of ether oxygens (including phenoxy) is 1. The van der Waals surface area contributed by atoms with E-state index in [9.17, 15) is 18.3 Å². The number of sulfonamides is 1. The van der Waals surface area contributed by atoms with E-state index in [1.807, 2.05) is 0 Å². The number of aliphatic hydroxyl groups is 1. The Labute approximate surface area is 122 Å². The molecule has 0 amide bonds. The lowest BCUT2D eigenvalue weighted by atomic mass is 10.2. The normalized spacial score (nSPS) is 23.8. The van der Waals surface area contributed by atoms with Crippen molar-refractivity contribution >= 4 is 27.6 Å². The predicted octanol–water partition coefficient (Wildman–Crippen LogP) is 0.637. The lowest BCUT2D eigenvalue weighted by Gasteiger charge is -2.21. The smallest absolute Gasteiger partial charge is 0.324 e. The molecule has 1 aliphatic heterocycles. The van der Waals surface area contributed by atoms with Crippen molar-refractivity contribution in [3.8, 4) is 0 Å². The molecule has 8 heteroatoms. The highest BCUT2D eigenvalue weighted by atomic mass is 35.5. The number of esters is 1. The first-order valence-corrected chi connectivity index (χ1v) is 7.71. The number of hydrogen-bond acceptors (Lipinski definition) is 5. The number of nitrogens with zero attached hydrogens (tertiary/aromatic N) is 1. The highest BCUT2D eigenvalue weighted by Gasteiger charge is 2.44. The van der Waals surface area contributed by atoms with Crippen LogP contribution >= 0.6 is 11.6 Å². The Balaban J connectivity index is 2.37. The summed E-state index contributed by atoms with van der Waals surface area (Å²) in [5, 5.41) is 10.0. The van der Waals surface area contributed by atoms with Gasteiger partial charge in [-0.05, 0) is 24.3 Å². The highest BCUT2D eigenvalue weighted by molar-refractivity contribution is 7.89. The first-order valence-electron chi connectivity index (χ1n) is 5.89. The number of halogens is 1. The predicted molar refractivity (Wildman–Crippen MR) is 71.8 cm³/mol. The molecule has 0 saturated carbocycles. The second kappa shape index (κ2) is 5.69. The number of benzene rings is 1. The first-order chi connectivity index (χ1) is 9.36. The van der Waals surface area contributed by atoms with E-state index in [1.54, 1.807) is 0 Å². The molecule has 1 N–H and O–H groups in total. The fraction of sp³-hybridized carbons (Fsp3) is 0.417. The van der Waals surface area contributed by atoms with Crippen LogP contribution in [0.25, 0.3) is 0 Å². The molecule has 1 aromatic carbocycles. The summed E-state index contributed by atoms with van der Waals surface area (Å²) in [6.45, 7) is -0.134. The van der Waals surface area contributed by atoms with E-state index >= 15 is 0 Å². The van der Waals surface area contributed by atoms with Crippen LogP contribution in [0.3, 0.4) is 0 Å². The third-order valence-electron chi connectivity index (χ3n) is 3.13. The number of carbonyl (C=O) groups excluding carboxylic acids is 1. The minimum Gasteiger partial charge on any atom is -0.468 e. The second-order valence-corrected chi connectivity index (χ2v) is 6.78. The topological polar surface area (TPSA) is 83.9 Å². The number of rotatable bonds is 3. The molecule has 6 nitrogen and oxygen atoms in total. The van der Waals surface area contributed by atoms with Crippen LogP contribution in [0.5, 0.6) is 0 Å². The number of aliphatic hydroxyl groups excluding tert-OH is 1. The molecule has 20 heavy (non-hydrogen) atoms. The summed E-state index contributed by atoms with van der Waals surface area (Å²) in [5.74, 6) is -0.681. The molecule has 0 aliphatic carbocycles. The van der Waals surface area contributed by atoms with Gasteiger partial charge in [-0.1, -0.05) is 11.6 Å². The monoisotopic (exact) mass is 319 g/mol. The Morgan fingerprint density at radius 3 is 2.55 bits per heavy atom. The SMILES string of the molecule is COC(=O)[C@H]1C[C@@H](O)CN1S(=O)(=O)c1ccc(Cl)cc1. The standard InChI is InChI=1S/C12H14ClNO5S/c1-19-12(16)11-6-9(15)7-14(11)20(17,18)10-4-2-8(13)3-5-10/h2-5,9,11,15H,6-7H2,1H3/t9-,11-/m1/s1. The number of β-amino-alcohol motifs (C(OH)–C–C–N with tert-alkyl or cyclic N) is 1. The number of hydrogen-bond donors (Lipinski definition) is 1. The fourth-order valence-corrected chi connectivity index (χ4v) is 3.89. The molecular weight excluding hydrogens is 306 g/mol. The molecular formula is C12H14ClNO5S. The molecule has 1 saturated heterocycles. The second-order valence-electron chi connectivity index (χ2n) is 4.46. The fourth-order valence-electron chi connectivity index (χ4n) is 2.14. The molecule has 0 spiro atoms. The van der Waals surface area contributed by atoms with E-state index in [0.29, 0.717) is 5.02 Å². The molecule has 1 fully saturated rings. The van der Waals surface area contributed by atoms with Crippen molar-refractivity contribution in [1.82, 2.24) is 4.31 Å². The van der Waals surface area contributed by atoms with Gasteiger partial charge >= 0.3 is 5.97 Å². The Morgan fingerprint density at radius 2 is 2.00 bits per heavy atom. The molecule has 110 valence electrons. The third kappa shape index (κ3) is 2.80. The summed E-state index contributed by atoms with van der Waals surface area (Å²) < 4.78 is 30.5.